The first-order chi connectivity index (χ1) is 11.5. The van der Waals surface area contributed by atoms with E-state index in [-0.39, 0.29) is 5.91 Å². The lowest BCUT2D eigenvalue weighted by Crippen LogP contribution is -2.36. The number of piperidine rings is 1. The van der Waals surface area contributed by atoms with Crippen molar-refractivity contribution in [1.29, 1.82) is 0 Å². The van der Waals surface area contributed by atoms with Gasteiger partial charge in [0.15, 0.2) is 11.5 Å². The Morgan fingerprint density at radius 2 is 1.67 bits per heavy atom. The Kier molecular flexibility index (Phi) is 4.79. The minimum atomic E-state index is -0.0172. The lowest BCUT2D eigenvalue weighted by Gasteiger charge is -2.26. The maximum Gasteiger partial charge on any atom is 0.274 e. The van der Waals surface area contributed by atoms with Crippen molar-refractivity contribution >= 4 is 17.4 Å². The molecule has 1 aliphatic heterocycles. The summed E-state index contributed by atoms with van der Waals surface area (Å²) in [6, 6.07) is 7.85. The predicted octanol–water partition coefficient (Wildman–Crippen LogP) is 3.77. The van der Waals surface area contributed by atoms with E-state index < -0.39 is 0 Å². The lowest BCUT2D eigenvalue weighted by atomic mass is 10.1. The molecule has 0 unspecified atom stereocenters. The van der Waals surface area contributed by atoms with Crippen LogP contribution in [0.25, 0.3) is 0 Å². The molecule has 0 radical (unpaired) electrons. The van der Waals surface area contributed by atoms with Gasteiger partial charge in [0.2, 0.25) is 0 Å². The van der Waals surface area contributed by atoms with Gasteiger partial charge in [0.25, 0.3) is 5.91 Å². The Bertz CT molecular complexity index is 711. The van der Waals surface area contributed by atoms with Crippen molar-refractivity contribution < 1.29 is 4.79 Å². The molecular formula is C19H24N4O. The largest absolute Gasteiger partial charge is 0.338 e. The van der Waals surface area contributed by atoms with Crippen LogP contribution in [0.5, 0.6) is 0 Å². The highest BCUT2D eigenvalue weighted by Crippen LogP contribution is 2.25. The first-order valence-corrected chi connectivity index (χ1v) is 8.52. The molecule has 1 fully saturated rings. The number of hydrogen-bond donors (Lipinski definition) is 1. The van der Waals surface area contributed by atoms with Gasteiger partial charge >= 0.3 is 0 Å². The second-order valence-electron chi connectivity index (χ2n) is 6.56. The highest BCUT2D eigenvalue weighted by atomic mass is 16.2. The van der Waals surface area contributed by atoms with Crippen molar-refractivity contribution in [2.45, 2.75) is 40.0 Å². The third-order valence-electron chi connectivity index (χ3n) is 4.46. The molecule has 1 saturated heterocycles. The van der Waals surface area contributed by atoms with Gasteiger partial charge in [-0.2, -0.15) is 0 Å². The Balaban J connectivity index is 1.74. The smallest absolute Gasteiger partial charge is 0.274 e. The molecule has 5 nitrogen and oxygen atoms in total. The van der Waals surface area contributed by atoms with Gasteiger partial charge < -0.3 is 10.2 Å². The summed E-state index contributed by atoms with van der Waals surface area (Å²) in [5, 5.41) is 11.6. The summed E-state index contributed by atoms with van der Waals surface area (Å²) in [5.74, 6) is 0.636. The van der Waals surface area contributed by atoms with Gasteiger partial charge in [0.1, 0.15) is 0 Å². The second kappa shape index (κ2) is 6.99. The number of rotatable bonds is 3. The van der Waals surface area contributed by atoms with E-state index in [0.29, 0.717) is 11.5 Å². The van der Waals surface area contributed by atoms with Gasteiger partial charge in [-0.05, 0) is 63.3 Å². The van der Waals surface area contributed by atoms with Crippen LogP contribution in [-0.2, 0) is 0 Å². The maximum absolute atomic E-state index is 12.4. The van der Waals surface area contributed by atoms with E-state index in [1.165, 1.54) is 23.1 Å². The molecule has 1 amide bonds. The molecule has 1 aliphatic rings. The standard InChI is InChI=1S/C19H24N4O/c1-13-11-14(2)18(15(3)12-13)20-17-8-7-16(21-22-17)19(24)23-9-5-4-6-10-23/h7-8,11-12H,4-6,9-10H2,1-3H3,(H,20,22). The number of amides is 1. The summed E-state index contributed by atoms with van der Waals surface area (Å²) in [4.78, 5) is 14.3. The first-order valence-electron chi connectivity index (χ1n) is 8.52. The minimum absolute atomic E-state index is 0.0172. The Morgan fingerprint density at radius 3 is 2.25 bits per heavy atom. The average Bonchev–Trinajstić information content (AvgIpc) is 2.59. The van der Waals surface area contributed by atoms with Crippen molar-refractivity contribution in [3.8, 4) is 0 Å². The van der Waals surface area contributed by atoms with Crippen LogP contribution in [0.15, 0.2) is 24.3 Å². The Hall–Kier alpha value is -2.43. The van der Waals surface area contributed by atoms with Crippen LogP contribution in [0.1, 0.15) is 46.4 Å². The number of anilines is 2. The second-order valence-corrected chi connectivity index (χ2v) is 6.56. The third-order valence-corrected chi connectivity index (χ3v) is 4.46. The predicted molar refractivity (Wildman–Crippen MR) is 95.7 cm³/mol. The number of aromatic nitrogens is 2. The maximum atomic E-state index is 12.4. The van der Waals surface area contributed by atoms with Gasteiger partial charge in [-0.3, -0.25) is 4.79 Å². The number of nitrogens with one attached hydrogen (secondary N) is 1. The molecule has 1 aromatic carbocycles. The number of carbonyl (C=O) groups excluding carboxylic acids is 1. The molecule has 0 bridgehead atoms. The first kappa shape index (κ1) is 16.4. The van der Waals surface area contributed by atoms with Crippen molar-refractivity contribution in [1.82, 2.24) is 15.1 Å². The highest BCUT2D eigenvalue weighted by Gasteiger charge is 2.19. The summed E-state index contributed by atoms with van der Waals surface area (Å²) >= 11 is 0. The van der Waals surface area contributed by atoms with E-state index in [0.717, 1.165) is 31.6 Å². The zero-order valence-corrected chi connectivity index (χ0v) is 14.6. The fourth-order valence-corrected chi connectivity index (χ4v) is 3.28. The number of nitrogens with zero attached hydrogens (tertiary/aromatic N) is 3. The minimum Gasteiger partial charge on any atom is -0.338 e. The number of likely N-dealkylation sites (tertiary alicyclic amines) is 1. The van der Waals surface area contributed by atoms with Crippen molar-refractivity contribution in [3.05, 3.63) is 46.6 Å². The molecule has 0 aliphatic carbocycles. The normalized spacial score (nSPS) is 14.5. The van der Waals surface area contributed by atoms with E-state index in [1.807, 2.05) is 11.0 Å². The topological polar surface area (TPSA) is 58.1 Å². The number of aryl methyl sites for hydroxylation is 3. The van der Waals surface area contributed by atoms with E-state index in [2.05, 4.69) is 48.4 Å². The summed E-state index contributed by atoms with van der Waals surface area (Å²) in [5.41, 5.74) is 5.04. The van der Waals surface area contributed by atoms with Crippen LogP contribution in [0.4, 0.5) is 11.5 Å². The number of benzene rings is 1. The zero-order chi connectivity index (χ0) is 17.1. The molecule has 0 atom stereocenters. The molecule has 0 saturated carbocycles. The highest BCUT2D eigenvalue weighted by molar-refractivity contribution is 5.92. The average molecular weight is 324 g/mol. The fraction of sp³-hybridized carbons (Fsp3) is 0.421. The number of carbonyl (C=O) groups is 1. The Morgan fingerprint density at radius 1 is 1.00 bits per heavy atom. The molecule has 2 aromatic rings. The molecular weight excluding hydrogens is 300 g/mol. The summed E-state index contributed by atoms with van der Waals surface area (Å²) < 4.78 is 0. The fourth-order valence-electron chi connectivity index (χ4n) is 3.28. The van der Waals surface area contributed by atoms with Crippen LogP contribution in [0.2, 0.25) is 0 Å². The molecule has 1 aromatic heterocycles. The quantitative estimate of drug-likeness (QED) is 0.933. The Labute approximate surface area is 143 Å². The monoisotopic (exact) mass is 324 g/mol. The molecule has 24 heavy (non-hydrogen) atoms. The van der Waals surface area contributed by atoms with Crippen LogP contribution in [-0.4, -0.2) is 34.1 Å². The van der Waals surface area contributed by atoms with Gasteiger partial charge in [-0.15, -0.1) is 10.2 Å². The molecule has 5 heteroatoms. The molecule has 2 heterocycles. The van der Waals surface area contributed by atoms with Gasteiger partial charge in [-0.25, -0.2) is 0 Å². The molecule has 1 N–H and O–H groups in total. The van der Waals surface area contributed by atoms with Crippen LogP contribution in [0.3, 0.4) is 0 Å². The van der Waals surface area contributed by atoms with Gasteiger partial charge in [-0.1, -0.05) is 17.7 Å². The summed E-state index contributed by atoms with van der Waals surface area (Å²) in [6.45, 7) is 7.88. The third kappa shape index (κ3) is 3.55. The molecule has 3 rings (SSSR count). The van der Waals surface area contributed by atoms with E-state index in [4.69, 9.17) is 0 Å². The van der Waals surface area contributed by atoms with Crippen molar-refractivity contribution in [2.75, 3.05) is 18.4 Å². The van der Waals surface area contributed by atoms with Crippen molar-refractivity contribution in [3.63, 3.8) is 0 Å². The van der Waals surface area contributed by atoms with Crippen LogP contribution >= 0.6 is 0 Å². The lowest BCUT2D eigenvalue weighted by molar-refractivity contribution is 0.0717. The van der Waals surface area contributed by atoms with E-state index in [9.17, 15) is 4.79 Å². The van der Waals surface area contributed by atoms with Crippen LogP contribution in [0, 0.1) is 20.8 Å². The van der Waals surface area contributed by atoms with Gasteiger partial charge in [0.05, 0.1) is 0 Å². The molecule has 126 valence electrons. The molecule has 0 spiro atoms. The van der Waals surface area contributed by atoms with Crippen LogP contribution < -0.4 is 5.32 Å². The van der Waals surface area contributed by atoms with Crippen molar-refractivity contribution in [2.24, 2.45) is 0 Å². The SMILES string of the molecule is Cc1cc(C)c(Nc2ccc(C(=O)N3CCCCC3)nn2)c(C)c1. The van der Waals surface area contributed by atoms with Gasteiger partial charge in [0, 0.05) is 18.8 Å². The zero-order valence-electron chi connectivity index (χ0n) is 14.6. The van der Waals surface area contributed by atoms with E-state index in [1.54, 1.807) is 6.07 Å². The number of hydrogen-bond acceptors (Lipinski definition) is 4. The summed E-state index contributed by atoms with van der Waals surface area (Å²) in [7, 11) is 0. The van der Waals surface area contributed by atoms with E-state index >= 15 is 0 Å². The summed E-state index contributed by atoms with van der Waals surface area (Å²) in [6.07, 6.45) is 3.35.